The van der Waals surface area contributed by atoms with Crippen molar-refractivity contribution < 1.29 is 9.59 Å². The van der Waals surface area contributed by atoms with Gasteiger partial charge in [-0.2, -0.15) is 0 Å². The second kappa shape index (κ2) is 7.33. The fraction of sp³-hybridized carbons (Fsp3) is 0.188. The van der Waals surface area contributed by atoms with Gasteiger partial charge in [-0.3, -0.25) is 19.8 Å². The molecule has 0 aliphatic carbocycles. The van der Waals surface area contributed by atoms with Gasteiger partial charge in [-0.1, -0.05) is 36.8 Å². The average Bonchev–Trinajstić information content (AvgIpc) is 2.48. The minimum atomic E-state index is -0.467. The van der Waals surface area contributed by atoms with Gasteiger partial charge in [-0.15, -0.1) is 0 Å². The van der Waals surface area contributed by atoms with Gasteiger partial charge < -0.3 is 0 Å². The lowest BCUT2D eigenvalue weighted by molar-refractivity contribution is -0.122. The molecule has 0 radical (unpaired) electrons. The van der Waals surface area contributed by atoms with Crippen LogP contribution < -0.4 is 10.2 Å². The van der Waals surface area contributed by atoms with Gasteiger partial charge in [0.2, 0.25) is 0 Å². The van der Waals surface area contributed by atoms with Crippen LogP contribution in [0.1, 0.15) is 19.8 Å². The van der Waals surface area contributed by atoms with Crippen molar-refractivity contribution >= 4 is 46.4 Å². The molecule has 6 heteroatoms. The van der Waals surface area contributed by atoms with E-state index < -0.39 is 11.8 Å². The molecule has 2 rings (SSSR count). The van der Waals surface area contributed by atoms with Crippen LogP contribution in [0.2, 0.25) is 5.02 Å². The minimum absolute atomic E-state index is 0.0681. The first-order chi connectivity index (χ1) is 10.5. The number of thiocarbonyl (C=S) groups is 1. The highest BCUT2D eigenvalue weighted by molar-refractivity contribution is 7.80. The molecule has 4 nitrogen and oxygen atoms in total. The summed E-state index contributed by atoms with van der Waals surface area (Å²) in [5.74, 6) is -0.897. The van der Waals surface area contributed by atoms with Crippen molar-refractivity contribution in [3.63, 3.8) is 0 Å². The Morgan fingerprint density at radius 1 is 1.23 bits per heavy atom. The van der Waals surface area contributed by atoms with Gasteiger partial charge >= 0.3 is 0 Å². The number of anilines is 1. The van der Waals surface area contributed by atoms with Crippen LogP contribution in [0.5, 0.6) is 0 Å². The van der Waals surface area contributed by atoms with Crippen molar-refractivity contribution in [2.75, 3.05) is 4.90 Å². The molecule has 0 bridgehead atoms. The number of nitrogens with one attached hydrogen (secondary N) is 1. The molecule has 0 unspecified atom stereocenters. The molecule has 1 heterocycles. The predicted molar refractivity (Wildman–Crippen MR) is 91.8 cm³/mol. The molecule has 1 aromatic carbocycles. The molecule has 1 saturated heterocycles. The van der Waals surface area contributed by atoms with Gasteiger partial charge in [-0.25, -0.2) is 0 Å². The van der Waals surface area contributed by atoms with E-state index in [9.17, 15) is 9.59 Å². The first-order valence-electron chi connectivity index (χ1n) is 6.85. The summed E-state index contributed by atoms with van der Waals surface area (Å²) in [6.45, 7) is 2.02. The van der Waals surface area contributed by atoms with E-state index in [-0.39, 0.29) is 10.7 Å². The van der Waals surface area contributed by atoms with Crippen molar-refractivity contribution in [1.82, 2.24) is 5.32 Å². The van der Waals surface area contributed by atoms with Crippen LogP contribution in [-0.4, -0.2) is 16.9 Å². The van der Waals surface area contributed by atoms with Crippen LogP contribution in [0.25, 0.3) is 0 Å². The summed E-state index contributed by atoms with van der Waals surface area (Å²) in [5.41, 5.74) is 0.652. The van der Waals surface area contributed by atoms with Crippen LogP contribution in [0.3, 0.4) is 0 Å². The van der Waals surface area contributed by atoms with E-state index in [1.165, 1.54) is 4.90 Å². The number of carbonyl (C=O) groups excluding carboxylic acids is 2. The highest BCUT2D eigenvalue weighted by Gasteiger charge is 2.33. The Balaban J connectivity index is 2.29. The second-order valence-electron chi connectivity index (χ2n) is 4.61. The number of allylic oxidation sites excluding steroid dienone is 3. The zero-order valence-electron chi connectivity index (χ0n) is 12.0. The van der Waals surface area contributed by atoms with Crippen LogP contribution in [0, 0.1) is 0 Å². The van der Waals surface area contributed by atoms with E-state index in [0.717, 1.165) is 6.42 Å². The van der Waals surface area contributed by atoms with E-state index >= 15 is 0 Å². The molecule has 1 aromatic rings. The number of benzene rings is 1. The third kappa shape index (κ3) is 3.61. The first-order valence-corrected chi connectivity index (χ1v) is 7.63. The highest BCUT2D eigenvalue weighted by atomic mass is 35.5. The van der Waals surface area contributed by atoms with E-state index in [1.54, 1.807) is 30.3 Å². The third-order valence-electron chi connectivity index (χ3n) is 3.05. The number of rotatable bonds is 4. The zero-order valence-corrected chi connectivity index (χ0v) is 13.6. The summed E-state index contributed by atoms with van der Waals surface area (Å²) in [6.07, 6.45) is 6.92. The smallest absolute Gasteiger partial charge is 0.269 e. The van der Waals surface area contributed by atoms with Crippen molar-refractivity contribution in [3.8, 4) is 0 Å². The van der Waals surface area contributed by atoms with Crippen molar-refractivity contribution in [2.45, 2.75) is 19.8 Å². The van der Waals surface area contributed by atoms with Gasteiger partial charge in [0.15, 0.2) is 5.11 Å². The summed E-state index contributed by atoms with van der Waals surface area (Å²) in [6, 6.07) is 6.68. The fourth-order valence-corrected chi connectivity index (χ4v) is 2.39. The lowest BCUT2D eigenvalue weighted by atomic mass is 10.1. The normalized spacial score (nSPS) is 17.5. The zero-order chi connectivity index (χ0) is 16.1. The number of carbonyl (C=O) groups is 2. The number of hydrogen-bond acceptors (Lipinski definition) is 3. The molecule has 0 aromatic heterocycles. The Labute approximate surface area is 139 Å². The number of hydrogen-bond donors (Lipinski definition) is 1. The summed E-state index contributed by atoms with van der Waals surface area (Å²) >= 11 is 11.0. The average molecular weight is 335 g/mol. The van der Waals surface area contributed by atoms with Gasteiger partial charge in [0.1, 0.15) is 5.57 Å². The molecular weight excluding hydrogens is 320 g/mol. The number of nitrogens with zero attached hydrogens (tertiary/aromatic N) is 1. The summed E-state index contributed by atoms with van der Waals surface area (Å²) in [4.78, 5) is 25.8. The molecular formula is C16H15ClN2O2S. The SMILES string of the molecule is CC/C=C/C/C=C1/C(=O)NC(=S)N(c2ccc(Cl)cc2)C1=O. The van der Waals surface area contributed by atoms with Crippen LogP contribution in [-0.2, 0) is 9.59 Å². The Morgan fingerprint density at radius 3 is 2.55 bits per heavy atom. The van der Waals surface area contributed by atoms with Crippen LogP contribution in [0.4, 0.5) is 5.69 Å². The maximum absolute atomic E-state index is 12.5. The molecule has 0 atom stereocenters. The minimum Gasteiger partial charge on any atom is -0.298 e. The molecule has 114 valence electrons. The number of halogens is 1. The summed E-state index contributed by atoms with van der Waals surface area (Å²) in [5, 5.41) is 3.16. The summed E-state index contributed by atoms with van der Waals surface area (Å²) < 4.78 is 0. The Hall–Kier alpha value is -1.98. The van der Waals surface area contributed by atoms with Crippen molar-refractivity contribution in [2.24, 2.45) is 0 Å². The quantitative estimate of drug-likeness (QED) is 0.397. The number of amides is 2. The van der Waals surface area contributed by atoms with E-state index in [0.29, 0.717) is 17.1 Å². The molecule has 0 spiro atoms. The van der Waals surface area contributed by atoms with Crippen molar-refractivity contribution in [1.29, 1.82) is 0 Å². The second-order valence-corrected chi connectivity index (χ2v) is 5.43. The lowest BCUT2D eigenvalue weighted by Crippen LogP contribution is -2.54. The molecule has 0 saturated carbocycles. The molecule has 22 heavy (non-hydrogen) atoms. The Morgan fingerprint density at radius 2 is 1.91 bits per heavy atom. The molecule has 2 amide bonds. The van der Waals surface area contributed by atoms with E-state index in [2.05, 4.69) is 5.32 Å². The largest absolute Gasteiger partial charge is 0.298 e. The first kappa shape index (κ1) is 16.4. The van der Waals surface area contributed by atoms with Gasteiger partial charge in [-0.05, 0) is 49.3 Å². The predicted octanol–water partition coefficient (Wildman–Crippen LogP) is 3.37. The fourth-order valence-electron chi connectivity index (χ4n) is 1.98. The Bertz CT molecular complexity index is 665. The molecule has 1 N–H and O–H groups in total. The van der Waals surface area contributed by atoms with Gasteiger partial charge in [0, 0.05) is 5.02 Å². The van der Waals surface area contributed by atoms with Crippen molar-refractivity contribution in [3.05, 3.63) is 53.1 Å². The highest BCUT2D eigenvalue weighted by Crippen LogP contribution is 2.22. The monoisotopic (exact) mass is 334 g/mol. The van der Waals surface area contributed by atoms with Gasteiger partial charge in [0.25, 0.3) is 11.8 Å². The van der Waals surface area contributed by atoms with Gasteiger partial charge in [0.05, 0.1) is 5.69 Å². The van der Waals surface area contributed by atoms with Crippen LogP contribution >= 0.6 is 23.8 Å². The molecule has 1 aliphatic heterocycles. The molecule has 1 fully saturated rings. The van der Waals surface area contributed by atoms with E-state index in [1.807, 2.05) is 19.1 Å². The van der Waals surface area contributed by atoms with E-state index in [4.69, 9.17) is 23.8 Å². The maximum atomic E-state index is 12.5. The lowest BCUT2D eigenvalue weighted by Gasteiger charge is -2.28. The third-order valence-corrected chi connectivity index (χ3v) is 3.58. The maximum Gasteiger partial charge on any atom is 0.269 e. The topological polar surface area (TPSA) is 49.4 Å². The summed E-state index contributed by atoms with van der Waals surface area (Å²) in [7, 11) is 0. The standard InChI is InChI=1S/C16H15ClN2O2S/c1-2-3-4-5-6-13-14(20)18-16(22)19(15(13)21)12-9-7-11(17)8-10-12/h3-4,6-10H,2,5H2,1H3,(H,18,20,22)/b4-3+,13-6-. The van der Waals surface area contributed by atoms with Crippen LogP contribution in [0.15, 0.2) is 48.1 Å². The Kier molecular flexibility index (Phi) is 5.46. The molecule has 1 aliphatic rings.